The molecule has 3 aromatic rings. The van der Waals surface area contributed by atoms with Crippen LogP contribution in [0.15, 0.2) is 84.9 Å². The van der Waals surface area contributed by atoms with Gasteiger partial charge in [-0.2, -0.15) is 0 Å². The summed E-state index contributed by atoms with van der Waals surface area (Å²) in [6.45, 7) is 1.72. The SMILES string of the molecule is CN(Cc1ccccc1)Cc1ccc(NC(=O)/C=C/c2cccc(O)c2)cc1. The van der Waals surface area contributed by atoms with Crippen LogP contribution in [0.2, 0.25) is 0 Å². The number of anilines is 1. The van der Waals surface area contributed by atoms with Gasteiger partial charge in [-0.05, 0) is 54.1 Å². The van der Waals surface area contributed by atoms with Crippen LogP contribution >= 0.6 is 0 Å². The van der Waals surface area contributed by atoms with E-state index in [2.05, 4.69) is 41.5 Å². The number of hydrogen-bond donors (Lipinski definition) is 2. The lowest BCUT2D eigenvalue weighted by Gasteiger charge is -2.17. The highest BCUT2D eigenvalue weighted by Crippen LogP contribution is 2.14. The minimum Gasteiger partial charge on any atom is -0.508 e. The van der Waals surface area contributed by atoms with Crippen LogP contribution in [0.25, 0.3) is 6.08 Å². The standard InChI is InChI=1S/C24H24N2O2/c1-26(17-20-6-3-2-4-7-20)18-21-10-13-22(14-11-21)25-24(28)15-12-19-8-5-9-23(27)16-19/h2-16,27H,17-18H2,1H3,(H,25,28)/b15-12+. The molecule has 4 nitrogen and oxygen atoms in total. The van der Waals surface area contributed by atoms with Gasteiger partial charge >= 0.3 is 0 Å². The summed E-state index contributed by atoms with van der Waals surface area (Å²) < 4.78 is 0. The summed E-state index contributed by atoms with van der Waals surface area (Å²) in [5, 5.41) is 12.3. The zero-order valence-corrected chi connectivity index (χ0v) is 15.9. The smallest absolute Gasteiger partial charge is 0.248 e. The fraction of sp³-hybridized carbons (Fsp3) is 0.125. The Morgan fingerprint density at radius 2 is 1.61 bits per heavy atom. The van der Waals surface area contributed by atoms with E-state index in [0.717, 1.165) is 24.3 Å². The summed E-state index contributed by atoms with van der Waals surface area (Å²) in [7, 11) is 2.09. The number of benzene rings is 3. The number of hydrogen-bond acceptors (Lipinski definition) is 3. The molecule has 0 spiro atoms. The molecule has 0 fully saturated rings. The molecule has 0 atom stereocenters. The number of carbonyl (C=O) groups is 1. The summed E-state index contributed by atoms with van der Waals surface area (Å²) in [5.74, 6) is -0.0346. The fourth-order valence-electron chi connectivity index (χ4n) is 2.94. The molecule has 0 aromatic heterocycles. The molecule has 4 heteroatoms. The Morgan fingerprint density at radius 1 is 0.929 bits per heavy atom. The van der Waals surface area contributed by atoms with Gasteiger partial charge in [-0.3, -0.25) is 9.69 Å². The van der Waals surface area contributed by atoms with E-state index in [1.165, 1.54) is 17.2 Å². The summed E-state index contributed by atoms with van der Waals surface area (Å²) >= 11 is 0. The van der Waals surface area contributed by atoms with Crippen LogP contribution in [0.5, 0.6) is 5.75 Å². The van der Waals surface area contributed by atoms with Crippen LogP contribution in [-0.2, 0) is 17.9 Å². The molecule has 142 valence electrons. The van der Waals surface area contributed by atoms with Crippen molar-refractivity contribution in [2.45, 2.75) is 13.1 Å². The maximum atomic E-state index is 12.1. The molecule has 0 aliphatic rings. The normalized spacial score (nSPS) is 11.1. The lowest BCUT2D eigenvalue weighted by molar-refractivity contribution is -0.111. The Hall–Kier alpha value is -3.37. The van der Waals surface area contributed by atoms with E-state index in [-0.39, 0.29) is 11.7 Å². The first-order chi connectivity index (χ1) is 13.6. The summed E-state index contributed by atoms with van der Waals surface area (Å²) in [6, 6.07) is 25.0. The monoisotopic (exact) mass is 372 g/mol. The number of nitrogens with zero attached hydrogens (tertiary/aromatic N) is 1. The predicted molar refractivity (Wildman–Crippen MR) is 114 cm³/mol. The average molecular weight is 372 g/mol. The van der Waals surface area contributed by atoms with Crippen molar-refractivity contribution < 1.29 is 9.90 Å². The van der Waals surface area contributed by atoms with Gasteiger partial charge in [0.2, 0.25) is 5.91 Å². The molecular weight excluding hydrogens is 348 g/mol. The molecule has 1 amide bonds. The van der Waals surface area contributed by atoms with Crippen LogP contribution in [0.1, 0.15) is 16.7 Å². The number of nitrogens with one attached hydrogen (secondary N) is 1. The van der Waals surface area contributed by atoms with Crippen LogP contribution in [0.3, 0.4) is 0 Å². The molecule has 0 radical (unpaired) electrons. The number of rotatable bonds is 7. The van der Waals surface area contributed by atoms with Gasteiger partial charge in [-0.15, -0.1) is 0 Å². The molecule has 3 rings (SSSR count). The molecule has 0 aliphatic carbocycles. The molecular formula is C24H24N2O2. The first-order valence-corrected chi connectivity index (χ1v) is 9.18. The Bertz CT molecular complexity index is 934. The highest BCUT2D eigenvalue weighted by molar-refractivity contribution is 6.01. The minimum atomic E-state index is -0.211. The highest BCUT2D eigenvalue weighted by Gasteiger charge is 2.03. The average Bonchev–Trinajstić information content (AvgIpc) is 2.69. The first-order valence-electron chi connectivity index (χ1n) is 9.18. The third-order valence-corrected chi connectivity index (χ3v) is 4.27. The summed E-state index contributed by atoms with van der Waals surface area (Å²) in [4.78, 5) is 14.3. The van der Waals surface area contributed by atoms with Crippen LogP contribution in [0.4, 0.5) is 5.69 Å². The molecule has 0 heterocycles. The van der Waals surface area contributed by atoms with E-state index in [1.54, 1.807) is 24.3 Å². The summed E-state index contributed by atoms with van der Waals surface area (Å²) in [6.07, 6.45) is 3.12. The van der Waals surface area contributed by atoms with Gasteiger partial charge < -0.3 is 10.4 Å². The van der Waals surface area contributed by atoms with Gasteiger partial charge in [-0.1, -0.05) is 54.6 Å². The van der Waals surface area contributed by atoms with E-state index < -0.39 is 0 Å². The number of phenols is 1. The van der Waals surface area contributed by atoms with E-state index in [1.807, 2.05) is 36.4 Å². The second-order valence-electron chi connectivity index (χ2n) is 6.77. The third-order valence-electron chi connectivity index (χ3n) is 4.27. The van der Waals surface area contributed by atoms with E-state index >= 15 is 0 Å². The van der Waals surface area contributed by atoms with Crippen molar-refractivity contribution in [2.24, 2.45) is 0 Å². The maximum absolute atomic E-state index is 12.1. The van der Waals surface area contributed by atoms with Gasteiger partial charge in [0, 0.05) is 24.9 Å². The van der Waals surface area contributed by atoms with Crippen LogP contribution < -0.4 is 5.32 Å². The van der Waals surface area contributed by atoms with Gasteiger partial charge in [0.25, 0.3) is 0 Å². The topological polar surface area (TPSA) is 52.6 Å². The van der Waals surface area contributed by atoms with Crippen LogP contribution in [0, 0.1) is 0 Å². The molecule has 2 N–H and O–H groups in total. The van der Waals surface area contributed by atoms with Crippen molar-refractivity contribution in [1.82, 2.24) is 4.90 Å². The maximum Gasteiger partial charge on any atom is 0.248 e. The lowest BCUT2D eigenvalue weighted by atomic mass is 10.1. The van der Waals surface area contributed by atoms with E-state index in [9.17, 15) is 9.90 Å². The lowest BCUT2D eigenvalue weighted by Crippen LogP contribution is -2.17. The zero-order chi connectivity index (χ0) is 19.8. The largest absolute Gasteiger partial charge is 0.508 e. The van der Waals surface area contributed by atoms with Crippen molar-refractivity contribution in [3.8, 4) is 5.75 Å². The van der Waals surface area contributed by atoms with E-state index in [0.29, 0.717) is 0 Å². The predicted octanol–water partition coefficient (Wildman–Crippen LogP) is 4.68. The quantitative estimate of drug-likeness (QED) is 0.592. The minimum absolute atomic E-state index is 0.176. The van der Waals surface area contributed by atoms with Crippen molar-refractivity contribution in [1.29, 1.82) is 0 Å². The van der Waals surface area contributed by atoms with Gasteiger partial charge in [-0.25, -0.2) is 0 Å². The molecule has 0 saturated carbocycles. The second kappa shape index (κ2) is 9.53. The highest BCUT2D eigenvalue weighted by atomic mass is 16.3. The Labute approximate surface area is 165 Å². The molecule has 28 heavy (non-hydrogen) atoms. The van der Waals surface area contributed by atoms with Crippen LogP contribution in [-0.4, -0.2) is 23.0 Å². The number of carbonyl (C=O) groups excluding carboxylic acids is 1. The van der Waals surface area contributed by atoms with Gasteiger partial charge in [0.15, 0.2) is 0 Å². The van der Waals surface area contributed by atoms with Crippen molar-refractivity contribution in [2.75, 3.05) is 12.4 Å². The Balaban J connectivity index is 1.51. The molecule has 0 aliphatic heterocycles. The Morgan fingerprint density at radius 3 is 2.29 bits per heavy atom. The van der Waals surface area contributed by atoms with Crippen molar-refractivity contribution >= 4 is 17.7 Å². The van der Waals surface area contributed by atoms with Gasteiger partial charge in [0.1, 0.15) is 5.75 Å². The molecule has 3 aromatic carbocycles. The molecule has 0 bridgehead atoms. The van der Waals surface area contributed by atoms with Crippen molar-refractivity contribution in [3.05, 3.63) is 102 Å². The Kier molecular flexibility index (Phi) is 6.60. The first kappa shape index (κ1) is 19.4. The summed E-state index contributed by atoms with van der Waals surface area (Å²) in [5.41, 5.74) is 3.99. The number of aromatic hydroxyl groups is 1. The van der Waals surface area contributed by atoms with Crippen molar-refractivity contribution in [3.63, 3.8) is 0 Å². The molecule has 0 unspecified atom stereocenters. The zero-order valence-electron chi connectivity index (χ0n) is 15.9. The van der Waals surface area contributed by atoms with E-state index in [4.69, 9.17) is 0 Å². The molecule has 0 saturated heterocycles. The fourth-order valence-corrected chi connectivity index (χ4v) is 2.94. The number of phenolic OH excluding ortho intramolecular Hbond substituents is 1. The second-order valence-corrected chi connectivity index (χ2v) is 6.77. The third kappa shape index (κ3) is 6.11. The van der Waals surface area contributed by atoms with Gasteiger partial charge in [0.05, 0.1) is 0 Å². The number of amides is 1.